The van der Waals surface area contributed by atoms with E-state index in [4.69, 9.17) is 5.26 Å². The predicted octanol–water partition coefficient (Wildman–Crippen LogP) is 2.66. The number of benzene rings is 2. The van der Waals surface area contributed by atoms with Crippen LogP contribution in [0.3, 0.4) is 0 Å². The third kappa shape index (κ3) is 3.62. The van der Waals surface area contributed by atoms with E-state index >= 15 is 0 Å². The highest BCUT2D eigenvalue weighted by atomic mass is 32.2. The Morgan fingerprint density at radius 3 is 2.65 bits per heavy atom. The SMILES string of the molecule is Cc1ccc(S(=O)(=O)N2CCC[C@H]2C(=O)Nc2cccc(C#N)c2)cc1. The van der Waals surface area contributed by atoms with E-state index in [2.05, 4.69) is 5.32 Å². The molecule has 7 heteroatoms. The van der Waals surface area contributed by atoms with Gasteiger partial charge in [0.25, 0.3) is 0 Å². The van der Waals surface area contributed by atoms with Crippen LogP contribution >= 0.6 is 0 Å². The van der Waals surface area contributed by atoms with E-state index in [0.29, 0.717) is 30.6 Å². The van der Waals surface area contributed by atoms with Crippen LogP contribution in [0.5, 0.6) is 0 Å². The molecule has 2 aromatic rings. The van der Waals surface area contributed by atoms with E-state index < -0.39 is 16.1 Å². The Morgan fingerprint density at radius 2 is 1.96 bits per heavy atom. The van der Waals surface area contributed by atoms with Crippen molar-refractivity contribution in [1.29, 1.82) is 5.26 Å². The molecule has 1 N–H and O–H groups in total. The molecule has 1 amide bonds. The number of nitrogens with zero attached hydrogens (tertiary/aromatic N) is 2. The van der Waals surface area contributed by atoms with Crippen LogP contribution in [0.2, 0.25) is 0 Å². The highest BCUT2D eigenvalue weighted by Gasteiger charge is 2.39. The molecule has 1 saturated heterocycles. The van der Waals surface area contributed by atoms with Gasteiger partial charge in [-0.15, -0.1) is 0 Å². The maximum atomic E-state index is 12.9. The van der Waals surface area contributed by atoms with Crippen molar-refractivity contribution < 1.29 is 13.2 Å². The van der Waals surface area contributed by atoms with Crippen LogP contribution in [0.25, 0.3) is 0 Å². The number of rotatable bonds is 4. The zero-order valence-electron chi connectivity index (χ0n) is 14.3. The first kappa shape index (κ1) is 18.1. The molecule has 0 saturated carbocycles. The number of carbonyl (C=O) groups excluding carboxylic acids is 1. The fourth-order valence-electron chi connectivity index (χ4n) is 3.03. The lowest BCUT2D eigenvalue weighted by atomic mass is 10.2. The minimum Gasteiger partial charge on any atom is -0.325 e. The second-order valence-corrected chi connectivity index (χ2v) is 8.16. The minimum absolute atomic E-state index is 0.189. The van der Waals surface area contributed by atoms with E-state index in [0.717, 1.165) is 5.56 Å². The van der Waals surface area contributed by atoms with Gasteiger partial charge in [0.05, 0.1) is 16.5 Å². The normalized spacial score (nSPS) is 17.6. The Bertz CT molecular complexity index is 962. The van der Waals surface area contributed by atoms with Crippen molar-refractivity contribution in [3.05, 3.63) is 59.7 Å². The number of anilines is 1. The lowest BCUT2D eigenvalue weighted by Crippen LogP contribution is -2.43. The zero-order valence-corrected chi connectivity index (χ0v) is 15.2. The summed E-state index contributed by atoms with van der Waals surface area (Å²) in [6.07, 6.45) is 1.09. The standard InChI is InChI=1S/C19H19N3O3S/c1-14-7-9-17(10-8-14)26(24,25)22-11-3-6-18(22)19(23)21-16-5-2-4-15(12-16)13-20/h2,4-5,7-10,12,18H,3,6,11H2,1H3,(H,21,23)/t18-/m0/s1. The molecule has 0 radical (unpaired) electrons. The molecule has 1 atom stereocenters. The van der Waals surface area contributed by atoms with Crippen LogP contribution < -0.4 is 5.32 Å². The van der Waals surface area contributed by atoms with Crippen molar-refractivity contribution in [1.82, 2.24) is 4.31 Å². The largest absolute Gasteiger partial charge is 0.325 e. The predicted molar refractivity (Wildman–Crippen MR) is 97.9 cm³/mol. The molecule has 0 aromatic heterocycles. The van der Waals surface area contributed by atoms with E-state index in [9.17, 15) is 13.2 Å². The van der Waals surface area contributed by atoms with Crippen molar-refractivity contribution in [2.75, 3.05) is 11.9 Å². The molecule has 1 fully saturated rings. The van der Waals surface area contributed by atoms with Crippen LogP contribution in [-0.4, -0.2) is 31.2 Å². The lowest BCUT2D eigenvalue weighted by Gasteiger charge is -2.23. The van der Waals surface area contributed by atoms with Gasteiger partial charge < -0.3 is 5.32 Å². The average Bonchev–Trinajstić information content (AvgIpc) is 3.13. The first-order valence-corrected chi connectivity index (χ1v) is 9.75. The molecule has 0 aliphatic carbocycles. The molecule has 2 aromatic carbocycles. The van der Waals surface area contributed by atoms with Gasteiger partial charge in [-0.2, -0.15) is 9.57 Å². The lowest BCUT2D eigenvalue weighted by molar-refractivity contribution is -0.119. The maximum absolute atomic E-state index is 12.9. The summed E-state index contributed by atoms with van der Waals surface area (Å²) in [7, 11) is -3.73. The van der Waals surface area contributed by atoms with Crippen LogP contribution in [0.1, 0.15) is 24.0 Å². The summed E-state index contributed by atoms with van der Waals surface area (Å²) in [6.45, 7) is 2.20. The van der Waals surface area contributed by atoms with Gasteiger partial charge in [-0.3, -0.25) is 4.79 Å². The average molecular weight is 369 g/mol. The summed E-state index contributed by atoms with van der Waals surface area (Å²) in [5.74, 6) is -0.381. The summed E-state index contributed by atoms with van der Waals surface area (Å²) in [5.41, 5.74) is 1.88. The number of nitriles is 1. The molecule has 134 valence electrons. The smallest absolute Gasteiger partial charge is 0.243 e. The molecule has 3 rings (SSSR count). The third-order valence-electron chi connectivity index (χ3n) is 4.39. The van der Waals surface area contributed by atoms with Crippen molar-refractivity contribution >= 4 is 21.6 Å². The molecule has 26 heavy (non-hydrogen) atoms. The number of nitrogens with one attached hydrogen (secondary N) is 1. The molecular weight excluding hydrogens is 350 g/mol. The van der Waals surface area contributed by atoms with Crippen LogP contribution in [0, 0.1) is 18.3 Å². The van der Waals surface area contributed by atoms with E-state index in [1.165, 1.54) is 4.31 Å². The molecule has 6 nitrogen and oxygen atoms in total. The van der Waals surface area contributed by atoms with Crippen LogP contribution in [0.4, 0.5) is 5.69 Å². The number of carbonyl (C=O) groups is 1. The summed E-state index contributed by atoms with van der Waals surface area (Å²) in [6, 6.07) is 14.4. The summed E-state index contributed by atoms with van der Waals surface area (Å²) in [5, 5.41) is 11.7. The molecule has 1 aliphatic rings. The van der Waals surface area contributed by atoms with Crippen LogP contribution in [0.15, 0.2) is 53.4 Å². The third-order valence-corrected chi connectivity index (χ3v) is 6.32. The van der Waals surface area contributed by atoms with Crippen molar-refractivity contribution in [3.63, 3.8) is 0 Å². The first-order chi connectivity index (χ1) is 12.4. The van der Waals surface area contributed by atoms with Gasteiger partial charge in [0, 0.05) is 12.2 Å². The summed E-state index contributed by atoms with van der Waals surface area (Å²) in [4.78, 5) is 12.8. The monoisotopic (exact) mass is 369 g/mol. The maximum Gasteiger partial charge on any atom is 0.243 e. The minimum atomic E-state index is -3.73. The van der Waals surface area contributed by atoms with E-state index in [-0.39, 0.29) is 10.8 Å². The van der Waals surface area contributed by atoms with Gasteiger partial charge in [-0.05, 0) is 50.1 Å². The number of sulfonamides is 1. The number of aryl methyl sites for hydroxylation is 1. The van der Waals surface area contributed by atoms with Gasteiger partial charge in [0.15, 0.2) is 0 Å². The van der Waals surface area contributed by atoms with Crippen LogP contribution in [-0.2, 0) is 14.8 Å². The number of hydrogen-bond donors (Lipinski definition) is 1. The molecule has 0 spiro atoms. The molecule has 0 bridgehead atoms. The summed E-state index contributed by atoms with van der Waals surface area (Å²) < 4.78 is 27.1. The fourth-order valence-corrected chi connectivity index (χ4v) is 4.68. The highest BCUT2D eigenvalue weighted by Crippen LogP contribution is 2.27. The van der Waals surface area contributed by atoms with Crippen molar-refractivity contribution in [2.45, 2.75) is 30.7 Å². The molecule has 1 heterocycles. The Labute approximate surface area is 153 Å². The topological polar surface area (TPSA) is 90.3 Å². The number of amides is 1. The zero-order chi connectivity index (χ0) is 18.7. The van der Waals surface area contributed by atoms with Gasteiger partial charge in [-0.25, -0.2) is 8.42 Å². The quantitative estimate of drug-likeness (QED) is 0.897. The van der Waals surface area contributed by atoms with Crippen molar-refractivity contribution in [2.24, 2.45) is 0 Å². The number of hydrogen-bond acceptors (Lipinski definition) is 4. The highest BCUT2D eigenvalue weighted by molar-refractivity contribution is 7.89. The fraction of sp³-hybridized carbons (Fsp3) is 0.263. The van der Waals surface area contributed by atoms with Crippen molar-refractivity contribution in [3.8, 4) is 6.07 Å². The van der Waals surface area contributed by atoms with Gasteiger partial charge in [-0.1, -0.05) is 23.8 Å². The van der Waals surface area contributed by atoms with E-state index in [1.54, 1.807) is 48.5 Å². The van der Waals surface area contributed by atoms with E-state index in [1.807, 2.05) is 13.0 Å². The Kier molecular flexibility index (Phi) is 5.07. The van der Waals surface area contributed by atoms with Gasteiger partial charge in [0.2, 0.25) is 15.9 Å². The summed E-state index contributed by atoms with van der Waals surface area (Å²) >= 11 is 0. The first-order valence-electron chi connectivity index (χ1n) is 8.31. The molecular formula is C19H19N3O3S. The second-order valence-electron chi connectivity index (χ2n) is 6.27. The Hall–Kier alpha value is -2.69. The second kappa shape index (κ2) is 7.28. The molecule has 0 unspecified atom stereocenters. The van der Waals surface area contributed by atoms with Gasteiger partial charge >= 0.3 is 0 Å². The Morgan fingerprint density at radius 1 is 1.23 bits per heavy atom. The Balaban J connectivity index is 1.82. The molecule has 1 aliphatic heterocycles. The van der Waals surface area contributed by atoms with Gasteiger partial charge in [0.1, 0.15) is 6.04 Å².